The molecule has 0 aromatic heterocycles. The molecular weight excluding hydrogens is 246 g/mol. The van der Waals surface area contributed by atoms with E-state index in [1.54, 1.807) is 0 Å². The molecule has 0 spiro atoms. The maximum absolute atomic E-state index is 6.00. The topological polar surface area (TPSA) is 41.3 Å². The highest BCUT2D eigenvalue weighted by atomic mass is 35.5. The zero-order chi connectivity index (χ0) is 13.0. The summed E-state index contributed by atoms with van der Waals surface area (Å²) in [6.45, 7) is 6.82. The van der Waals surface area contributed by atoms with Crippen LogP contribution in [0.15, 0.2) is 18.2 Å². The van der Waals surface area contributed by atoms with Crippen molar-refractivity contribution in [2.75, 3.05) is 37.2 Å². The fraction of sp³-hybridized carbons (Fsp3) is 0.571. The lowest BCUT2D eigenvalue weighted by atomic mass is 9.97. The summed E-state index contributed by atoms with van der Waals surface area (Å²) in [5, 5.41) is 4.05. The quantitative estimate of drug-likeness (QED) is 0.824. The summed E-state index contributed by atoms with van der Waals surface area (Å²) in [4.78, 5) is 2.50. The molecule has 0 radical (unpaired) electrons. The molecule has 1 heterocycles. The van der Waals surface area contributed by atoms with Crippen LogP contribution in [0.4, 0.5) is 11.4 Å². The molecule has 0 atom stereocenters. The lowest BCUT2D eigenvalue weighted by Gasteiger charge is -2.31. The molecule has 0 aliphatic carbocycles. The minimum absolute atomic E-state index is 0.626. The number of halogens is 1. The Labute approximate surface area is 114 Å². The van der Waals surface area contributed by atoms with Crippen LogP contribution in [0.3, 0.4) is 0 Å². The molecule has 2 rings (SSSR count). The van der Waals surface area contributed by atoms with Crippen molar-refractivity contribution in [1.82, 2.24) is 4.90 Å². The van der Waals surface area contributed by atoms with Crippen LogP contribution >= 0.6 is 11.6 Å². The predicted octanol–water partition coefficient (Wildman–Crippen LogP) is 3.07. The minimum Gasteiger partial charge on any atom is -0.396 e. The van der Waals surface area contributed by atoms with Crippen molar-refractivity contribution in [3.05, 3.63) is 23.2 Å². The number of nitrogens with zero attached hydrogens (tertiary/aromatic N) is 1. The smallest absolute Gasteiger partial charge is 0.0739 e. The van der Waals surface area contributed by atoms with Gasteiger partial charge in [0.25, 0.3) is 0 Å². The Morgan fingerprint density at radius 2 is 2.11 bits per heavy atom. The SMILES string of the molecule is CCN1CCC(CNc2cccc(Cl)c2N)CC1. The van der Waals surface area contributed by atoms with Gasteiger partial charge in [0.15, 0.2) is 0 Å². The number of anilines is 2. The van der Waals surface area contributed by atoms with E-state index in [2.05, 4.69) is 17.1 Å². The summed E-state index contributed by atoms with van der Waals surface area (Å²) in [5.74, 6) is 0.742. The zero-order valence-electron chi connectivity index (χ0n) is 11.0. The van der Waals surface area contributed by atoms with E-state index in [9.17, 15) is 0 Å². The predicted molar refractivity (Wildman–Crippen MR) is 79.2 cm³/mol. The van der Waals surface area contributed by atoms with Crippen LogP contribution in [0.5, 0.6) is 0 Å². The first-order valence-electron chi connectivity index (χ1n) is 6.71. The van der Waals surface area contributed by atoms with Gasteiger partial charge in [-0.1, -0.05) is 24.6 Å². The van der Waals surface area contributed by atoms with Crippen molar-refractivity contribution in [3.8, 4) is 0 Å². The number of likely N-dealkylation sites (tertiary alicyclic amines) is 1. The Bertz CT molecular complexity index is 387. The molecule has 0 saturated carbocycles. The number of benzene rings is 1. The van der Waals surface area contributed by atoms with Crippen molar-refractivity contribution in [2.24, 2.45) is 5.92 Å². The number of piperidine rings is 1. The first kappa shape index (κ1) is 13.5. The first-order valence-corrected chi connectivity index (χ1v) is 7.08. The van der Waals surface area contributed by atoms with Crippen molar-refractivity contribution in [1.29, 1.82) is 0 Å². The van der Waals surface area contributed by atoms with E-state index < -0.39 is 0 Å². The molecule has 3 N–H and O–H groups in total. The normalized spacial score (nSPS) is 17.9. The van der Waals surface area contributed by atoms with E-state index in [0.717, 1.165) is 18.2 Å². The molecular formula is C14H22ClN3. The van der Waals surface area contributed by atoms with E-state index in [1.165, 1.54) is 32.5 Å². The number of para-hydroxylation sites is 1. The van der Waals surface area contributed by atoms with E-state index in [-0.39, 0.29) is 0 Å². The molecule has 0 unspecified atom stereocenters. The summed E-state index contributed by atoms with van der Waals surface area (Å²) >= 11 is 6.00. The Hall–Kier alpha value is -0.930. The van der Waals surface area contributed by atoms with Crippen LogP contribution in [0.1, 0.15) is 19.8 Å². The lowest BCUT2D eigenvalue weighted by molar-refractivity contribution is 0.198. The lowest BCUT2D eigenvalue weighted by Crippen LogP contribution is -2.35. The molecule has 1 aromatic rings. The third kappa shape index (κ3) is 3.30. The van der Waals surface area contributed by atoms with Crippen LogP contribution in [-0.2, 0) is 0 Å². The molecule has 1 saturated heterocycles. The van der Waals surface area contributed by atoms with Gasteiger partial charge in [-0.3, -0.25) is 0 Å². The second kappa shape index (κ2) is 6.30. The van der Waals surface area contributed by atoms with Gasteiger partial charge in [-0.25, -0.2) is 0 Å². The Balaban J connectivity index is 1.83. The Morgan fingerprint density at radius 1 is 1.39 bits per heavy atom. The number of rotatable bonds is 4. The van der Waals surface area contributed by atoms with Gasteiger partial charge in [0.1, 0.15) is 0 Å². The second-order valence-electron chi connectivity index (χ2n) is 4.96. The third-order valence-electron chi connectivity index (χ3n) is 3.79. The van der Waals surface area contributed by atoms with Crippen LogP contribution in [-0.4, -0.2) is 31.1 Å². The average Bonchev–Trinajstić information content (AvgIpc) is 2.41. The van der Waals surface area contributed by atoms with Crippen molar-refractivity contribution < 1.29 is 0 Å². The van der Waals surface area contributed by atoms with Crippen LogP contribution in [0.2, 0.25) is 5.02 Å². The number of hydrogen-bond acceptors (Lipinski definition) is 3. The summed E-state index contributed by atoms with van der Waals surface area (Å²) < 4.78 is 0. The van der Waals surface area contributed by atoms with Gasteiger partial charge in [-0.05, 0) is 50.5 Å². The zero-order valence-corrected chi connectivity index (χ0v) is 11.7. The maximum Gasteiger partial charge on any atom is 0.0739 e. The highest BCUT2D eigenvalue weighted by Gasteiger charge is 2.17. The molecule has 0 bridgehead atoms. The van der Waals surface area contributed by atoms with Crippen LogP contribution in [0.25, 0.3) is 0 Å². The van der Waals surface area contributed by atoms with Gasteiger partial charge >= 0.3 is 0 Å². The number of hydrogen-bond donors (Lipinski definition) is 2. The van der Waals surface area contributed by atoms with Gasteiger partial charge in [0.05, 0.1) is 16.4 Å². The monoisotopic (exact) mass is 267 g/mol. The van der Waals surface area contributed by atoms with Crippen molar-refractivity contribution >= 4 is 23.0 Å². The summed E-state index contributed by atoms with van der Waals surface area (Å²) in [6.07, 6.45) is 2.53. The standard InChI is InChI=1S/C14H22ClN3/c1-2-18-8-6-11(7-9-18)10-17-13-5-3-4-12(15)14(13)16/h3-5,11,17H,2,6-10,16H2,1H3. The Kier molecular flexibility index (Phi) is 4.72. The summed E-state index contributed by atoms with van der Waals surface area (Å²) in [5.41, 5.74) is 7.56. The minimum atomic E-state index is 0.626. The first-order chi connectivity index (χ1) is 8.70. The molecule has 1 aromatic carbocycles. The van der Waals surface area contributed by atoms with E-state index >= 15 is 0 Å². The van der Waals surface area contributed by atoms with Crippen molar-refractivity contribution in [3.63, 3.8) is 0 Å². The molecule has 3 nitrogen and oxygen atoms in total. The summed E-state index contributed by atoms with van der Waals surface area (Å²) in [6, 6.07) is 5.74. The number of nitrogens with two attached hydrogens (primary N) is 1. The number of nitrogen functional groups attached to an aromatic ring is 1. The highest BCUT2D eigenvalue weighted by Crippen LogP contribution is 2.27. The average molecular weight is 268 g/mol. The van der Waals surface area contributed by atoms with Gasteiger partial charge in [-0.2, -0.15) is 0 Å². The second-order valence-corrected chi connectivity index (χ2v) is 5.37. The molecule has 1 fully saturated rings. The van der Waals surface area contributed by atoms with Crippen molar-refractivity contribution in [2.45, 2.75) is 19.8 Å². The Morgan fingerprint density at radius 3 is 2.78 bits per heavy atom. The van der Waals surface area contributed by atoms with E-state index in [4.69, 9.17) is 17.3 Å². The van der Waals surface area contributed by atoms with Gasteiger partial charge in [0.2, 0.25) is 0 Å². The fourth-order valence-corrected chi connectivity index (χ4v) is 2.63. The molecule has 1 aliphatic heterocycles. The molecule has 0 amide bonds. The largest absolute Gasteiger partial charge is 0.396 e. The number of nitrogens with one attached hydrogen (secondary N) is 1. The highest BCUT2D eigenvalue weighted by molar-refractivity contribution is 6.33. The van der Waals surface area contributed by atoms with Crippen LogP contribution in [0, 0.1) is 5.92 Å². The third-order valence-corrected chi connectivity index (χ3v) is 4.12. The molecule has 18 heavy (non-hydrogen) atoms. The molecule has 1 aliphatic rings. The molecule has 4 heteroatoms. The summed E-state index contributed by atoms with van der Waals surface area (Å²) in [7, 11) is 0. The van der Waals surface area contributed by atoms with Gasteiger partial charge < -0.3 is 16.0 Å². The maximum atomic E-state index is 6.00. The van der Waals surface area contributed by atoms with Crippen LogP contribution < -0.4 is 11.1 Å². The van der Waals surface area contributed by atoms with Gasteiger partial charge in [0, 0.05) is 6.54 Å². The van der Waals surface area contributed by atoms with E-state index in [0.29, 0.717) is 10.7 Å². The van der Waals surface area contributed by atoms with E-state index in [1.807, 2.05) is 18.2 Å². The fourth-order valence-electron chi connectivity index (χ4n) is 2.45. The van der Waals surface area contributed by atoms with Gasteiger partial charge in [-0.15, -0.1) is 0 Å². The molecule has 100 valence electrons.